The van der Waals surface area contributed by atoms with Crippen LogP contribution >= 0.6 is 0 Å². The fraction of sp³-hybridized carbons (Fsp3) is 0. The molecule has 0 saturated carbocycles. The first-order chi connectivity index (χ1) is 12.0. The first-order valence-corrected chi connectivity index (χ1v) is 12.6. The van der Waals surface area contributed by atoms with E-state index in [1.165, 1.54) is 0 Å². The Balaban J connectivity index is -0.0000000356. The van der Waals surface area contributed by atoms with Crippen LogP contribution in [-0.4, -0.2) is 164 Å². The van der Waals surface area contributed by atoms with Crippen LogP contribution in [0.2, 0.25) is 0 Å². The second kappa shape index (κ2) is 22.7. The summed E-state index contributed by atoms with van der Waals surface area (Å²) in [5, 5.41) is 0. The molecule has 0 bridgehead atoms. The third-order valence-electron chi connectivity index (χ3n) is 0. The molecule has 0 aliphatic heterocycles. The van der Waals surface area contributed by atoms with Gasteiger partial charge in [-0.25, -0.2) is 0 Å². The van der Waals surface area contributed by atoms with E-state index in [9.17, 15) is 0 Å². The van der Waals surface area contributed by atoms with Crippen LogP contribution < -0.4 is 0 Å². The van der Waals surface area contributed by atoms with Crippen LogP contribution in [0, 0.1) is 0 Å². The molecule has 32 heteroatoms. The van der Waals surface area contributed by atoms with Crippen LogP contribution in [0.15, 0.2) is 0 Å². The first kappa shape index (κ1) is 54.2. The molecule has 12 N–H and O–H groups in total. The molecule has 0 aromatic carbocycles. The minimum absolute atomic E-state index is 0. The number of rotatable bonds is 0. The fourth-order valence-electron chi connectivity index (χ4n) is 0. The second-order valence-corrected chi connectivity index (χ2v) is 8.06. The first-order valence-electron chi connectivity index (χ1n) is 4.19. The van der Waals surface area contributed by atoms with Crippen molar-refractivity contribution in [2.24, 2.45) is 0 Å². The molecule has 196 valence electrons. The Kier molecular flexibility index (Phi) is 38.4. The summed E-state index contributed by atoms with van der Waals surface area (Å²) in [5.74, 6) is 0. The molecule has 0 radical (unpaired) electrons. The van der Waals surface area contributed by atoms with Gasteiger partial charge in [-0.15, -0.1) is 0 Å². The van der Waals surface area contributed by atoms with Gasteiger partial charge in [-0.2, -0.15) is 50.5 Å². The Labute approximate surface area is 224 Å². The average Bonchev–Trinajstić information content (AvgIpc) is 1.94. The molecule has 0 atom stereocenters. The summed E-state index contributed by atoms with van der Waals surface area (Å²) in [7, 11) is -28.0. The SMILES string of the molecule is O=S(=O)(O)O.O=S(=O)(O)O.O=S(=O)(O)O.O=S(=O)(O)O.O=S(=O)(O)O.O=S(=O)(O)O.[NaH].[NaH]. The summed E-state index contributed by atoms with van der Waals surface area (Å²) in [4.78, 5) is 0. The van der Waals surface area contributed by atoms with E-state index in [0.29, 0.717) is 0 Å². The van der Waals surface area contributed by atoms with Gasteiger partial charge in [0.15, 0.2) is 0 Å². The fourth-order valence-corrected chi connectivity index (χ4v) is 0. The van der Waals surface area contributed by atoms with Crippen LogP contribution in [0.4, 0.5) is 0 Å². The average molecular weight is 636 g/mol. The Morgan fingerprint density at radius 2 is 0.219 bits per heavy atom. The van der Waals surface area contributed by atoms with Crippen molar-refractivity contribution in [3.8, 4) is 0 Å². The van der Waals surface area contributed by atoms with Gasteiger partial charge in [0.1, 0.15) is 0 Å². The molecule has 0 fully saturated rings. The predicted octanol–water partition coefficient (Wildman–Crippen LogP) is -5.21. The quantitative estimate of drug-likeness (QED) is 0.0872. The van der Waals surface area contributed by atoms with Crippen LogP contribution in [0.1, 0.15) is 0 Å². The van der Waals surface area contributed by atoms with Crippen molar-refractivity contribution in [2.75, 3.05) is 0 Å². The zero-order chi connectivity index (χ0) is 27.0. The molecule has 0 saturated heterocycles. The molecule has 0 amide bonds. The standard InChI is InChI=1S/2Na.6H2O4S.2H/c;;6*1-5(2,3)4;;/h;;6*(H2,1,2,3,4);;. The van der Waals surface area contributed by atoms with E-state index in [4.69, 9.17) is 105 Å². The van der Waals surface area contributed by atoms with Crippen molar-refractivity contribution in [2.45, 2.75) is 0 Å². The molecule has 0 spiro atoms. The van der Waals surface area contributed by atoms with E-state index in [1.54, 1.807) is 0 Å². The molecule has 0 unspecified atom stereocenters. The van der Waals surface area contributed by atoms with Crippen LogP contribution in [0.3, 0.4) is 0 Å². The van der Waals surface area contributed by atoms with Gasteiger partial charge in [-0.05, 0) is 0 Å². The minimum atomic E-state index is -4.67. The Hall–Kier alpha value is 1.22. The Morgan fingerprint density at radius 1 is 0.219 bits per heavy atom. The van der Waals surface area contributed by atoms with Gasteiger partial charge in [-0.3, -0.25) is 54.6 Å². The molecular weight excluding hydrogens is 622 g/mol. The summed E-state index contributed by atoms with van der Waals surface area (Å²) in [6.07, 6.45) is 0. The van der Waals surface area contributed by atoms with E-state index in [-0.39, 0.29) is 59.1 Å². The zero-order valence-corrected chi connectivity index (χ0v) is 17.6. The van der Waals surface area contributed by atoms with Gasteiger partial charge in [0.05, 0.1) is 0 Å². The van der Waals surface area contributed by atoms with Gasteiger partial charge >= 0.3 is 122 Å². The van der Waals surface area contributed by atoms with Crippen molar-refractivity contribution >= 4 is 122 Å². The van der Waals surface area contributed by atoms with Gasteiger partial charge in [0.25, 0.3) is 0 Å². The second-order valence-electron chi connectivity index (χ2n) is 2.69. The van der Waals surface area contributed by atoms with Crippen molar-refractivity contribution in [1.29, 1.82) is 0 Å². The molecule has 0 aromatic heterocycles. The van der Waals surface area contributed by atoms with Crippen molar-refractivity contribution in [1.82, 2.24) is 0 Å². The maximum atomic E-state index is 8.74. The summed E-state index contributed by atoms with van der Waals surface area (Å²) in [5.41, 5.74) is 0. The van der Waals surface area contributed by atoms with Crippen molar-refractivity contribution in [3.63, 3.8) is 0 Å². The monoisotopic (exact) mass is 636 g/mol. The molecule has 0 heterocycles. The number of hydrogen-bond acceptors (Lipinski definition) is 12. The summed E-state index contributed by atoms with van der Waals surface area (Å²) >= 11 is 0. The van der Waals surface area contributed by atoms with E-state index in [2.05, 4.69) is 0 Å². The molecular formula is H14Na2O24S6. The normalized spacial score (nSPS) is 10.9. The predicted molar refractivity (Wildman–Crippen MR) is 99.4 cm³/mol. The summed E-state index contributed by atoms with van der Waals surface area (Å²) in [6, 6.07) is 0. The van der Waals surface area contributed by atoms with E-state index < -0.39 is 62.4 Å². The van der Waals surface area contributed by atoms with Gasteiger partial charge in [0.2, 0.25) is 0 Å². The van der Waals surface area contributed by atoms with E-state index in [0.717, 1.165) is 0 Å². The molecule has 0 aliphatic carbocycles. The molecule has 24 nitrogen and oxygen atoms in total. The van der Waals surface area contributed by atoms with E-state index >= 15 is 0 Å². The van der Waals surface area contributed by atoms with E-state index in [1.807, 2.05) is 0 Å². The molecule has 0 aliphatic rings. The molecule has 32 heavy (non-hydrogen) atoms. The molecule has 0 aromatic rings. The summed E-state index contributed by atoms with van der Waals surface area (Å²) < 4.78 is 190. The Bertz CT molecular complexity index is 764. The van der Waals surface area contributed by atoms with Crippen LogP contribution in [0.5, 0.6) is 0 Å². The van der Waals surface area contributed by atoms with Gasteiger partial charge in [0, 0.05) is 0 Å². The zero-order valence-electron chi connectivity index (χ0n) is 12.7. The molecule has 0 rings (SSSR count). The third kappa shape index (κ3) is 19200. The van der Waals surface area contributed by atoms with Crippen LogP contribution in [-0.2, 0) is 62.4 Å². The van der Waals surface area contributed by atoms with Gasteiger partial charge < -0.3 is 0 Å². The Morgan fingerprint density at radius 3 is 0.219 bits per heavy atom. The maximum absolute atomic E-state index is 8.74. The topological polar surface area (TPSA) is 448 Å². The van der Waals surface area contributed by atoms with Gasteiger partial charge in [-0.1, -0.05) is 0 Å². The van der Waals surface area contributed by atoms with Crippen LogP contribution in [0.25, 0.3) is 0 Å². The number of hydrogen-bond donors (Lipinski definition) is 12. The third-order valence-corrected chi connectivity index (χ3v) is 0. The van der Waals surface area contributed by atoms with Crippen molar-refractivity contribution < 1.29 is 105 Å². The van der Waals surface area contributed by atoms with Crippen molar-refractivity contribution in [3.05, 3.63) is 0 Å². The summed E-state index contributed by atoms with van der Waals surface area (Å²) in [6.45, 7) is 0.